The largest absolute Gasteiger partial charge is 0.416 e. The maximum atomic E-state index is 12.9. The van der Waals surface area contributed by atoms with Crippen molar-refractivity contribution in [1.82, 2.24) is 20.0 Å². The number of alkyl halides is 3. The van der Waals surface area contributed by atoms with Crippen LogP contribution in [-0.2, 0) is 22.8 Å². The minimum Gasteiger partial charge on any atom is -0.379 e. The number of halogens is 3. The zero-order valence-corrected chi connectivity index (χ0v) is 16.0. The summed E-state index contributed by atoms with van der Waals surface area (Å²) in [4.78, 5) is 14.3. The van der Waals surface area contributed by atoms with Gasteiger partial charge in [-0.1, -0.05) is 12.1 Å². The van der Waals surface area contributed by atoms with E-state index in [4.69, 9.17) is 4.74 Å². The maximum absolute atomic E-state index is 12.9. The Hall–Kier alpha value is -2.65. The molecule has 1 aromatic carbocycles. The van der Waals surface area contributed by atoms with Crippen LogP contribution in [0.2, 0.25) is 0 Å². The minimum absolute atomic E-state index is 0.239. The quantitative estimate of drug-likeness (QED) is 0.747. The molecule has 0 aliphatic carbocycles. The third kappa shape index (κ3) is 5.91. The van der Waals surface area contributed by atoms with Gasteiger partial charge in [-0.2, -0.15) is 18.3 Å². The number of aryl methyl sites for hydroxylation is 1. The summed E-state index contributed by atoms with van der Waals surface area (Å²) in [6.45, 7) is 2.67. The predicted molar refractivity (Wildman–Crippen MR) is 102 cm³/mol. The number of hydrogen-bond donors (Lipinski definition) is 1. The smallest absolute Gasteiger partial charge is 0.379 e. The minimum atomic E-state index is -4.38. The number of rotatable bonds is 6. The van der Waals surface area contributed by atoms with Gasteiger partial charge in [0, 0.05) is 44.5 Å². The highest BCUT2D eigenvalue weighted by Gasteiger charge is 2.31. The molecule has 1 amide bonds. The molecule has 1 saturated heterocycles. The van der Waals surface area contributed by atoms with E-state index >= 15 is 0 Å². The fourth-order valence-corrected chi connectivity index (χ4v) is 3.20. The second kappa shape index (κ2) is 9.23. The third-order valence-electron chi connectivity index (χ3n) is 4.73. The molecule has 9 heteroatoms. The Morgan fingerprint density at radius 1 is 1.28 bits per heavy atom. The predicted octanol–water partition coefficient (Wildman–Crippen LogP) is 2.64. The number of carbonyl (C=O) groups is 1. The zero-order chi connectivity index (χ0) is 20.9. The van der Waals surface area contributed by atoms with E-state index < -0.39 is 11.7 Å². The first-order valence-electron chi connectivity index (χ1n) is 9.26. The van der Waals surface area contributed by atoms with Crippen LogP contribution in [0.1, 0.15) is 22.7 Å². The van der Waals surface area contributed by atoms with Gasteiger partial charge in [0.25, 0.3) is 0 Å². The van der Waals surface area contributed by atoms with Gasteiger partial charge in [-0.05, 0) is 23.8 Å². The topological polar surface area (TPSA) is 59.4 Å². The number of benzene rings is 1. The van der Waals surface area contributed by atoms with E-state index in [1.807, 2.05) is 0 Å². The summed E-state index contributed by atoms with van der Waals surface area (Å²) in [5, 5.41) is 6.87. The molecule has 1 unspecified atom stereocenters. The molecule has 6 nitrogen and oxygen atoms in total. The number of ether oxygens (including phenoxy) is 1. The highest BCUT2D eigenvalue weighted by atomic mass is 19.4. The molecule has 0 saturated carbocycles. The summed E-state index contributed by atoms with van der Waals surface area (Å²) in [6.07, 6.45) is 2.12. The van der Waals surface area contributed by atoms with Crippen molar-refractivity contribution in [2.45, 2.75) is 12.2 Å². The van der Waals surface area contributed by atoms with E-state index in [2.05, 4.69) is 15.3 Å². The third-order valence-corrected chi connectivity index (χ3v) is 4.73. The molecule has 29 heavy (non-hydrogen) atoms. The first-order valence-corrected chi connectivity index (χ1v) is 9.26. The van der Waals surface area contributed by atoms with Gasteiger partial charge in [-0.25, -0.2) is 0 Å². The molecule has 1 fully saturated rings. The van der Waals surface area contributed by atoms with E-state index in [-0.39, 0.29) is 18.5 Å². The summed E-state index contributed by atoms with van der Waals surface area (Å²) in [7, 11) is 1.79. The number of morpholine rings is 1. The van der Waals surface area contributed by atoms with Crippen LogP contribution in [0.25, 0.3) is 6.08 Å². The molecule has 1 atom stereocenters. The molecule has 1 N–H and O–H groups in total. The lowest BCUT2D eigenvalue weighted by molar-refractivity contribution is -0.137. The van der Waals surface area contributed by atoms with Crippen LogP contribution in [0, 0.1) is 0 Å². The summed E-state index contributed by atoms with van der Waals surface area (Å²) >= 11 is 0. The molecule has 0 spiro atoms. The van der Waals surface area contributed by atoms with Crippen LogP contribution >= 0.6 is 0 Å². The van der Waals surface area contributed by atoms with Crippen molar-refractivity contribution in [2.24, 2.45) is 7.05 Å². The fraction of sp³-hybridized carbons (Fsp3) is 0.400. The van der Waals surface area contributed by atoms with Gasteiger partial charge >= 0.3 is 6.18 Å². The molecular formula is C20H23F3N4O2. The number of hydrogen-bond acceptors (Lipinski definition) is 4. The Bertz CT molecular complexity index is 840. The molecular weight excluding hydrogens is 385 g/mol. The van der Waals surface area contributed by atoms with Crippen molar-refractivity contribution in [1.29, 1.82) is 0 Å². The van der Waals surface area contributed by atoms with Gasteiger partial charge in [0.15, 0.2) is 0 Å². The lowest BCUT2D eigenvalue weighted by Crippen LogP contribution is -2.43. The van der Waals surface area contributed by atoms with Crippen LogP contribution in [0.3, 0.4) is 0 Å². The highest BCUT2D eigenvalue weighted by molar-refractivity contribution is 5.91. The van der Waals surface area contributed by atoms with Gasteiger partial charge in [0.05, 0.1) is 31.0 Å². The van der Waals surface area contributed by atoms with Crippen LogP contribution in [-0.4, -0.2) is 53.4 Å². The molecule has 1 aromatic heterocycles. The van der Waals surface area contributed by atoms with Crippen LogP contribution in [0.5, 0.6) is 0 Å². The Labute approximate surface area is 166 Å². The van der Waals surface area contributed by atoms with Crippen molar-refractivity contribution in [3.8, 4) is 0 Å². The van der Waals surface area contributed by atoms with Gasteiger partial charge in [-0.15, -0.1) is 0 Å². The summed E-state index contributed by atoms with van der Waals surface area (Å²) < 4.78 is 45.6. The van der Waals surface area contributed by atoms with Crippen molar-refractivity contribution in [3.63, 3.8) is 0 Å². The second-order valence-corrected chi connectivity index (χ2v) is 6.81. The summed E-state index contributed by atoms with van der Waals surface area (Å²) in [6, 6.07) is 4.86. The van der Waals surface area contributed by atoms with Gasteiger partial charge < -0.3 is 10.1 Å². The fourth-order valence-electron chi connectivity index (χ4n) is 3.20. The standard InChI is InChI=1S/C20H23F3N4O2/c1-26-14-15(12-25-26)2-7-19(28)24-13-18(27-8-10-29-11-9-27)16-3-5-17(6-4-16)20(21,22)23/h2-7,12,14,18H,8-11,13H2,1H3,(H,24,28)/b7-2+. The SMILES string of the molecule is Cn1cc(/C=C/C(=O)NCC(c2ccc(C(F)(F)F)cc2)N2CCOCC2)cn1. The van der Waals surface area contributed by atoms with Crippen molar-refractivity contribution < 1.29 is 22.7 Å². The number of nitrogens with zero attached hydrogens (tertiary/aromatic N) is 3. The summed E-state index contributed by atoms with van der Waals surface area (Å²) in [5.74, 6) is -0.279. The summed E-state index contributed by atoms with van der Waals surface area (Å²) in [5.41, 5.74) is 0.831. The Kier molecular flexibility index (Phi) is 6.71. The number of aromatic nitrogens is 2. The average Bonchev–Trinajstić information content (AvgIpc) is 3.12. The van der Waals surface area contributed by atoms with E-state index in [0.717, 1.165) is 23.3 Å². The first kappa shape index (κ1) is 21.1. The molecule has 1 aliphatic rings. The Balaban J connectivity index is 1.68. The molecule has 2 aromatic rings. The highest BCUT2D eigenvalue weighted by Crippen LogP contribution is 2.31. The normalized spacial score (nSPS) is 16.8. The van der Waals surface area contributed by atoms with Crippen LogP contribution in [0.4, 0.5) is 13.2 Å². The molecule has 0 radical (unpaired) electrons. The van der Waals surface area contributed by atoms with Crippen molar-refractivity contribution in [3.05, 3.63) is 59.4 Å². The first-order chi connectivity index (χ1) is 13.8. The van der Waals surface area contributed by atoms with Gasteiger partial charge in [-0.3, -0.25) is 14.4 Å². The molecule has 0 bridgehead atoms. The second-order valence-electron chi connectivity index (χ2n) is 6.81. The van der Waals surface area contributed by atoms with Crippen molar-refractivity contribution in [2.75, 3.05) is 32.8 Å². The van der Waals surface area contributed by atoms with Gasteiger partial charge in [0.1, 0.15) is 0 Å². The lowest BCUT2D eigenvalue weighted by atomic mass is 10.0. The monoisotopic (exact) mass is 408 g/mol. The van der Waals surface area contributed by atoms with E-state index in [1.54, 1.807) is 30.2 Å². The molecule has 156 valence electrons. The Morgan fingerprint density at radius 2 is 1.97 bits per heavy atom. The average molecular weight is 408 g/mol. The zero-order valence-electron chi connectivity index (χ0n) is 16.0. The number of amides is 1. The van der Waals surface area contributed by atoms with Crippen molar-refractivity contribution >= 4 is 12.0 Å². The lowest BCUT2D eigenvalue weighted by Gasteiger charge is -2.35. The maximum Gasteiger partial charge on any atom is 0.416 e. The molecule has 1 aliphatic heterocycles. The Morgan fingerprint density at radius 3 is 2.55 bits per heavy atom. The van der Waals surface area contributed by atoms with Gasteiger partial charge in [0.2, 0.25) is 5.91 Å². The van der Waals surface area contributed by atoms with Crippen LogP contribution in [0.15, 0.2) is 42.7 Å². The van der Waals surface area contributed by atoms with Crippen LogP contribution < -0.4 is 5.32 Å². The number of nitrogens with one attached hydrogen (secondary N) is 1. The van der Waals surface area contributed by atoms with E-state index in [9.17, 15) is 18.0 Å². The van der Waals surface area contributed by atoms with E-state index in [0.29, 0.717) is 26.3 Å². The number of carbonyl (C=O) groups excluding carboxylic acids is 1. The van der Waals surface area contributed by atoms with E-state index in [1.165, 1.54) is 18.2 Å². The molecule has 2 heterocycles. The molecule has 3 rings (SSSR count).